The predicted octanol–water partition coefficient (Wildman–Crippen LogP) is 4.14. The topological polar surface area (TPSA) is 63.7 Å². The average Bonchev–Trinajstić information content (AvgIpc) is 2.96. The summed E-state index contributed by atoms with van der Waals surface area (Å²) in [5.41, 5.74) is 2.37. The van der Waals surface area contributed by atoms with E-state index in [9.17, 15) is 14.4 Å². The zero-order valence-corrected chi connectivity index (χ0v) is 15.7. The highest BCUT2D eigenvalue weighted by Gasteiger charge is 2.34. The SMILES string of the molecule is COC(=O)c1ccc(/C=C2\SC(=O)N(CCCc3ccccc3)C2=O)cc1. The number of ether oxygens (including phenoxy) is 1. The lowest BCUT2D eigenvalue weighted by Crippen LogP contribution is -2.29. The van der Waals surface area contributed by atoms with Crippen LogP contribution in [0.3, 0.4) is 0 Å². The summed E-state index contributed by atoms with van der Waals surface area (Å²) in [5.74, 6) is -0.685. The summed E-state index contributed by atoms with van der Waals surface area (Å²) >= 11 is 0.945. The van der Waals surface area contributed by atoms with Gasteiger partial charge in [0.25, 0.3) is 11.1 Å². The van der Waals surface area contributed by atoms with Crippen molar-refractivity contribution in [1.82, 2.24) is 4.90 Å². The zero-order valence-electron chi connectivity index (χ0n) is 14.9. The summed E-state index contributed by atoms with van der Waals surface area (Å²) in [6.07, 6.45) is 3.21. The molecule has 0 aromatic heterocycles. The van der Waals surface area contributed by atoms with Gasteiger partial charge in [-0.25, -0.2) is 4.79 Å². The Morgan fingerprint density at radius 1 is 1.07 bits per heavy atom. The Hall–Kier alpha value is -2.86. The molecular formula is C21H19NO4S. The van der Waals surface area contributed by atoms with Crippen molar-refractivity contribution in [3.05, 3.63) is 76.2 Å². The van der Waals surface area contributed by atoms with Gasteiger partial charge in [0.15, 0.2) is 0 Å². The van der Waals surface area contributed by atoms with E-state index < -0.39 is 5.97 Å². The van der Waals surface area contributed by atoms with E-state index in [1.807, 2.05) is 30.3 Å². The highest BCUT2D eigenvalue weighted by atomic mass is 32.2. The van der Waals surface area contributed by atoms with Crippen LogP contribution in [0.2, 0.25) is 0 Å². The number of methoxy groups -OCH3 is 1. The smallest absolute Gasteiger partial charge is 0.337 e. The quantitative estimate of drug-likeness (QED) is 0.556. The lowest BCUT2D eigenvalue weighted by atomic mass is 10.1. The minimum atomic E-state index is -0.416. The van der Waals surface area contributed by atoms with Crippen LogP contribution in [-0.4, -0.2) is 35.7 Å². The van der Waals surface area contributed by atoms with Gasteiger partial charge < -0.3 is 4.74 Å². The molecule has 0 unspecified atom stereocenters. The third-order valence-corrected chi connectivity index (χ3v) is 5.10. The Bertz CT molecular complexity index is 875. The molecular weight excluding hydrogens is 362 g/mol. The first kappa shape index (κ1) is 18.9. The largest absolute Gasteiger partial charge is 0.465 e. The minimum absolute atomic E-state index is 0.245. The van der Waals surface area contributed by atoms with E-state index in [1.165, 1.54) is 17.6 Å². The maximum atomic E-state index is 12.5. The molecule has 0 bridgehead atoms. The first-order valence-electron chi connectivity index (χ1n) is 8.56. The monoisotopic (exact) mass is 381 g/mol. The molecule has 0 spiro atoms. The molecule has 0 radical (unpaired) electrons. The molecule has 2 amide bonds. The molecule has 6 heteroatoms. The molecule has 5 nitrogen and oxygen atoms in total. The summed E-state index contributed by atoms with van der Waals surface area (Å²) < 4.78 is 4.66. The maximum Gasteiger partial charge on any atom is 0.337 e. The number of hydrogen-bond donors (Lipinski definition) is 0. The van der Waals surface area contributed by atoms with Gasteiger partial charge in [0.2, 0.25) is 0 Å². The standard InChI is InChI=1S/C21H19NO4S/c1-26-20(24)17-11-9-16(10-12-17)14-18-19(23)22(21(25)27-18)13-5-8-15-6-3-2-4-7-15/h2-4,6-7,9-12,14H,5,8,13H2,1H3/b18-14-. The fraction of sp³-hybridized carbons (Fsp3) is 0.190. The summed E-state index contributed by atoms with van der Waals surface area (Å²) in [6, 6.07) is 16.7. The van der Waals surface area contributed by atoms with Crippen molar-refractivity contribution < 1.29 is 19.1 Å². The predicted molar refractivity (Wildman–Crippen MR) is 105 cm³/mol. The van der Waals surface area contributed by atoms with Crippen LogP contribution in [0.5, 0.6) is 0 Å². The van der Waals surface area contributed by atoms with E-state index in [4.69, 9.17) is 0 Å². The van der Waals surface area contributed by atoms with Crippen molar-refractivity contribution in [2.24, 2.45) is 0 Å². The molecule has 3 rings (SSSR count). The van der Waals surface area contributed by atoms with Crippen LogP contribution < -0.4 is 0 Å². The maximum absolute atomic E-state index is 12.5. The molecule has 138 valence electrons. The average molecular weight is 381 g/mol. The first-order valence-corrected chi connectivity index (χ1v) is 9.38. The number of carbonyl (C=O) groups excluding carboxylic acids is 3. The van der Waals surface area contributed by atoms with Crippen molar-refractivity contribution in [1.29, 1.82) is 0 Å². The molecule has 0 atom stereocenters. The van der Waals surface area contributed by atoms with Crippen molar-refractivity contribution in [3.8, 4) is 0 Å². The molecule has 0 saturated carbocycles. The Kier molecular flexibility index (Phi) is 6.08. The summed E-state index contributed by atoms with van der Waals surface area (Å²) in [7, 11) is 1.32. The van der Waals surface area contributed by atoms with Gasteiger partial charge in [-0.15, -0.1) is 0 Å². The van der Waals surface area contributed by atoms with Crippen molar-refractivity contribution in [2.45, 2.75) is 12.8 Å². The molecule has 1 heterocycles. The molecule has 1 saturated heterocycles. The molecule has 2 aromatic rings. The van der Waals surface area contributed by atoms with Crippen molar-refractivity contribution >= 4 is 35.0 Å². The molecule has 0 aliphatic carbocycles. The lowest BCUT2D eigenvalue weighted by molar-refractivity contribution is -0.122. The van der Waals surface area contributed by atoms with Crippen LogP contribution in [0.4, 0.5) is 4.79 Å². The molecule has 0 N–H and O–H groups in total. The Morgan fingerprint density at radius 3 is 2.44 bits per heavy atom. The summed E-state index contributed by atoms with van der Waals surface area (Å²) in [4.78, 5) is 37.9. The number of imide groups is 1. The minimum Gasteiger partial charge on any atom is -0.465 e. The highest BCUT2D eigenvalue weighted by Crippen LogP contribution is 2.32. The van der Waals surface area contributed by atoms with Crippen molar-refractivity contribution in [3.63, 3.8) is 0 Å². The van der Waals surface area contributed by atoms with Crippen molar-refractivity contribution in [2.75, 3.05) is 13.7 Å². The number of aryl methyl sites for hydroxylation is 1. The van der Waals surface area contributed by atoms with Crippen LogP contribution in [0.15, 0.2) is 59.5 Å². The third kappa shape index (κ3) is 4.65. The van der Waals surface area contributed by atoms with Crippen LogP contribution in [0.1, 0.15) is 27.9 Å². The number of carbonyl (C=O) groups is 3. The van der Waals surface area contributed by atoms with Crippen LogP contribution in [-0.2, 0) is 16.0 Å². The van der Waals surface area contributed by atoms with Gasteiger partial charge in [-0.05, 0) is 53.9 Å². The molecule has 27 heavy (non-hydrogen) atoms. The van der Waals surface area contributed by atoms with Crippen LogP contribution >= 0.6 is 11.8 Å². The van der Waals surface area contributed by atoms with Crippen LogP contribution in [0, 0.1) is 0 Å². The summed E-state index contributed by atoms with van der Waals surface area (Å²) in [6.45, 7) is 0.401. The Morgan fingerprint density at radius 2 is 1.78 bits per heavy atom. The van der Waals surface area contributed by atoms with E-state index in [1.54, 1.807) is 30.3 Å². The number of hydrogen-bond acceptors (Lipinski definition) is 5. The normalized spacial score (nSPS) is 15.4. The second kappa shape index (κ2) is 8.68. The van der Waals surface area contributed by atoms with Gasteiger partial charge in [-0.1, -0.05) is 42.5 Å². The van der Waals surface area contributed by atoms with Gasteiger partial charge in [-0.3, -0.25) is 14.5 Å². The van der Waals surface area contributed by atoms with Gasteiger partial charge in [0, 0.05) is 6.54 Å². The lowest BCUT2D eigenvalue weighted by Gasteiger charge is -2.12. The Labute approximate surface area is 162 Å². The van der Waals surface area contributed by atoms with Gasteiger partial charge in [0.05, 0.1) is 17.6 Å². The number of rotatable bonds is 6. The zero-order chi connectivity index (χ0) is 19.2. The second-order valence-electron chi connectivity index (χ2n) is 6.04. The van der Waals surface area contributed by atoms with E-state index in [2.05, 4.69) is 4.74 Å². The van der Waals surface area contributed by atoms with Gasteiger partial charge in [0.1, 0.15) is 0 Å². The molecule has 1 aliphatic heterocycles. The van der Waals surface area contributed by atoms with Gasteiger partial charge >= 0.3 is 5.97 Å². The second-order valence-corrected chi connectivity index (χ2v) is 7.03. The fourth-order valence-electron chi connectivity index (χ4n) is 2.76. The van der Waals surface area contributed by atoms with E-state index in [-0.39, 0.29) is 11.1 Å². The van der Waals surface area contributed by atoms with E-state index in [0.29, 0.717) is 17.0 Å². The summed E-state index contributed by atoms with van der Waals surface area (Å²) in [5, 5.41) is -0.245. The van der Waals surface area contributed by atoms with Crippen LogP contribution in [0.25, 0.3) is 6.08 Å². The highest BCUT2D eigenvalue weighted by molar-refractivity contribution is 8.18. The van der Waals surface area contributed by atoms with E-state index >= 15 is 0 Å². The fourth-order valence-corrected chi connectivity index (χ4v) is 3.63. The molecule has 2 aromatic carbocycles. The molecule has 1 aliphatic rings. The Balaban J connectivity index is 1.62. The third-order valence-electron chi connectivity index (χ3n) is 4.19. The number of amides is 2. The molecule has 1 fully saturated rings. The number of benzene rings is 2. The number of esters is 1. The van der Waals surface area contributed by atoms with E-state index in [0.717, 1.165) is 30.2 Å². The number of thioether (sulfide) groups is 1. The number of nitrogens with zero attached hydrogens (tertiary/aromatic N) is 1. The van der Waals surface area contributed by atoms with Gasteiger partial charge in [-0.2, -0.15) is 0 Å². The first-order chi connectivity index (χ1) is 13.1.